The van der Waals surface area contributed by atoms with Crippen LogP contribution >= 0.6 is 15.9 Å². The molecule has 0 spiro atoms. The van der Waals surface area contributed by atoms with Crippen LogP contribution in [0.15, 0.2) is 45.8 Å². The number of carbonyl (C=O) groups excluding carboxylic acids is 4. The van der Waals surface area contributed by atoms with Gasteiger partial charge in [0.15, 0.2) is 0 Å². The van der Waals surface area contributed by atoms with Crippen molar-refractivity contribution in [1.29, 1.82) is 0 Å². The van der Waals surface area contributed by atoms with E-state index in [1.807, 2.05) is 12.2 Å². The van der Waals surface area contributed by atoms with E-state index in [-0.39, 0.29) is 29.9 Å². The molecule has 1 unspecified atom stereocenters. The second-order valence-electron chi connectivity index (χ2n) is 13.1. The number of benzene rings is 1. The highest BCUT2D eigenvalue weighted by Gasteiger charge is 2.62. The van der Waals surface area contributed by atoms with Crippen molar-refractivity contribution in [2.24, 2.45) is 17.8 Å². The monoisotopic (exact) mass is 721 g/mol. The number of allylic oxidation sites excluding steroid dienone is 1. The molecule has 3 amide bonds. The summed E-state index contributed by atoms with van der Waals surface area (Å²) in [7, 11) is -2.98. The van der Waals surface area contributed by atoms with Gasteiger partial charge in [-0.3, -0.25) is 13.8 Å². The van der Waals surface area contributed by atoms with Gasteiger partial charge in [0.1, 0.15) is 23.7 Å². The third-order valence-electron chi connectivity index (χ3n) is 9.92. The summed E-state index contributed by atoms with van der Waals surface area (Å²) in [5, 5.41) is 5.59. The van der Waals surface area contributed by atoms with E-state index >= 15 is 0 Å². The zero-order chi connectivity index (χ0) is 32.6. The van der Waals surface area contributed by atoms with Crippen LogP contribution < -0.4 is 10.6 Å². The van der Waals surface area contributed by atoms with Crippen LogP contribution in [0.4, 0.5) is 4.79 Å². The van der Waals surface area contributed by atoms with Crippen LogP contribution in [0.3, 0.4) is 0 Å². The molecule has 2 heterocycles. The van der Waals surface area contributed by atoms with Gasteiger partial charge in [0.05, 0.1) is 18.1 Å². The van der Waals surface area contributed by atoms with Crippen LogP contribution in [0.5, 0.6) is 0 Å². The number of ether oxygens (including phenoxy) is 2. The quantitative estimate of drug-likeness (QED) is 0.255. The van der Waals surface area contributed by atoms with E-state index in [0.29, 0.717) is 35.6 Å². The number of halogens is 1. The summed E-state index contributed by atoms with van der Waals surface area (Å²) in [6, 6.07) is 3.78. The molecule has 14 heteroatoms. The van der Waals surface area contributed by atoms with Gasteiger partial charge in [0.2, 0.25) is 11.8 Å². The van der Waals surface area contributed by atoms with Crippen LogP contribution in [-0.2, 0) is 38.2 Å². The van der Waals surface area contributed by atoms with Crippen molar-refractivity contribution in [1.82, 2.24) is 15.5 Å². The fraction of sp³-hybridized carbons (Fsp3) is 0.625. The maximum absolute atomic E-state index is 14.2. The number of hydrogen-bond acceptors (Lipinski definition) is 9. The van der Waals surface area contributed by atoms with Crippen LogP contribution in [-0.4, -0.2) is 80.7 Å². The predicted octanol–water partition coefficient (Wildman–Crippen LogP) is 3.59. The highest BCUT2D eigenvalue weighted by atomic mass is 79.9. The fourth-order valence-electron chi connectivity index (χ4n) is 7.22. The minimum Gasteiger partial charge on any atom is -0.467 e. The van der Waals surface area contributed by atoms with Gasteiger partial charge in [-0.2, -0.15) is 8.42 Å². The topological polar surface area (TPSA) is 157 Å². The first-order valence-electron chi connectivity index (χ1n) is 16.0. The van der Waals surface area contributed by atoms with Crippen molar-refractivity contribution in [3.8, 4) is 0 Å². The summed E-state index contributed by atoms with van der Waals surface area (Å²) >= 11 is 3.29. The van der Waals surface area contributed by atoms with Gasteiger partial charge in [-0.15, -0.1) is 0 Å². The third-order valence-corrected chi connectivity index (χ3v) is 11.8. The Morgan fingerprint density at radius 1 is 1.02 bits per heavy atom. The molecule has 12 nitrogen and oxygen atoms in total. The molecule has 5 aliphatic rings. The van der Waals surface area contributed by atoms with Gasteiger partial charge in [-0.05, 0) is 81.0 Å². The minimum atomic E-state index is -4.24. The first kappa shape index (κ1) is 33.0. The van der Waals surface area contributed by atoms with Gasteiger partial charge < -0.3 is 25.0 Å². The lowest BCUT2D eigenvalue weighted by atomic mass is 10.0. The Hall–Kier alpha value is -2.97. The molecule has 1 aromatic carbocycles. The van der Waals surface area contributed by atoms with E-state index < -0.39 is 57.7 Å². The number of esters is 1. The molecular formula is C32H40BrN3O9S. The van der Waals surface area contributed by atoms with Gasteiger partial charge in [-0.1, -0.05) is 40.9 Å². The summed E-state index contributed by atoms with van der Waals surface area (Å²) in [5.41, 5.74) is -1.27. The van der Waals surface area contributed by atoms with Crippen molar-refractivity contribution in [3.05, 3.63) is 40.9 Å². The Bertz CT molecular complexity index is 1490. The maximum atomic E-state index is 14.2. The van der Waals surface area contributed by atoms with E-state index in [1.165, 1.54) is 30.6 Å². The normalized spacial score (nSPS) is 34.9. The number of hydrogen-bond donors (Lipinski definition) is 2. The molecular weight excluding hydrogens is 682 g/mol. The summed E-state index contributed by atoms with van der Waals surface area (Å²) in [5.74, 6) is -0.793. The second-order valence-corrected chi connectivity index (χ2v) is 15.6. The molecule has 8 atom stereocenters. The van der Waals surface area contributed by atoms with Crippen molar-refractivity contribution in [2.75, 3.05) is 13.7 Å². The molecule has 0 aromatic heterocycles. The molecule has 3 saturated carbocycles. The molecule has 6 rings (SSSR count). The average molecular weight is 723 g/mol. The number of alkyl carbamates (subject to hydrolysis) is 1. The third kappa shape index (κ3) is 7.13. The summed E-state index contributed by atoms with van der Waals surface area (Å²) < 4.78 is 43.3. The molecule has 4 fully saturated rings. The van der Waals surface area contributed by atoms with Crippen molar-refractivity contribution >= 4 is 49.9 Å². The SMILES string of the molecule is COC(=O)[C@@]12C[C@H]1/C=C\CCCCC[C@H](NC(=O)OC1C[C@@H]3C[C@@H]3C1)C(=O)N1C[C@@H](OS(=O)(=O)c3ccc(Br)cc3)C[C@H]1C(=O)N2. The Balaban J connectivity index is 1.24. The molecule has 1 aromatic rings. The van der Waals surface area contributed by atoms with Crippen LogP contribution in [0.1, 0.15) is 64.2 Å². The lowest BCUT2D eigenvalue weighted by molar-refractivity contribution is -0.148. The Morgan fingerprint density at radius 3 is 2.48 bits per heavy atom. The lowest BCUT2D eigenvalue weighted by Gasteiger charge is -2.29. The molecule has 0 bridgehead atoms. The van der Waals surface area contributed by atoms with E-state index in [2.05, 4.69) is 26.6 Å². The van der Waals surface area contributed by atoms with E-state index in [1.54, 1.807) is 12.1 Å². The molecule has 1 saturated heterocycles. The summed E-state index contributed by atoms with van der Waals surface area (Å²) in [6.07, 6.45) is 8.39. The molecule has 46 heavy (non-hydrogen) atoms. The van der Waals surface area contributed by atoms with Gasteiger partial charge in [0.25, 0.3) is 10.1 Å². The maximum Gasteiger partial charge on any atom is 0.408 e. The minimum absolute atomic E-state index is 0.0694. The molecule has 0 radical (unpaired) electrons. The standard InChI is InChI=1S/C32H40BrN3O9S/c1-43-30(39)32-17-21(32)7-5-3-2-4-6-8-26(34-31(40)44-23-14-19-13-20(19)15-23)29(38)36-18-24(16-27(36)28(37)35-32)45-46(41,42)25-11-9-22(33)10-12-25/h5,7,9-12,19-21,23-24,26-27H,2-4,6,8,13-18H2,1H3,(H,34,40)(H,35,37)/b7-5-/t19-,20+,21-,23?,24+,26+,27+,32-/m1/s1. The second kappa shape index (κ2) is 13.3. The Kier molecular flexibility index (Phi) is 9.50. The number of methoxy groups -OCH3 is 1. The molecule has 2 aliphatic heterocycles. The van der Waals surface area contributed by atoms with E-state index in [9.17, 15) is 27.6 Å². The number of nitrogens with one attached hydrogen (secondary N) is 2. The van der Waals surface area contributed by atoms with Gasteiger partial charge in [0, 0.05) is 23.4 Å². The Labute approximate surface area is 277 Å². The summed E-state index contributed by atoms with van der Waals surface area (Å²) in [4.78, 5) is 55.1. The van der Waals surface area contributed by atoms with Gasteiger partial charge in [-0.25, -0.2) is 9.59 Å². The molecule has 250 valence electrons. The van der Waals surface area contributed by atoms with Crippen LogP contribution in [0, 0.1) is 17.8 Å². The van der Waals surface area contributed by atoms with E-state index in [4.69, 9.17) is 13.7 Å². The number of fused-ring (bicyclic) bond motifs is 3. The first-order valence-corrected chi connectivity index (χ1v) is 18.2. The highest BCUT2D eigenvalue weighted by molar-refractivity contribution is 9.10. The smallest absolute Gasteiger partial charge is 0.408 e. The highest BCUT2D eigenvalue weighted by Crippen LogP contribution is 2.52. The average Bonchev–Trinajstić information content (AvgIpc) is 3.81. The zero-order valence-corrected chi connectivity index (χ0v) is 28.1. The van der Waals surface area contributed by atoms with E-state index in [0.717, 1.165) is 32.1 Å². The number of rotatable bonds is 6. The summed E-state index contributed by atoms with van der Waals surface area (Å²) in [6.45, 7) is -0.208. The largest absolute Gasteiger partial charge is 0.467 e. The van der Waals surface area contributed by atoms with Crippen LogP contribution in [0.2, 0.25) is 0 Å². The van der Waals surface area contributed by atoms with Crippen molar-refractivity contribution in [3.63, 3.8) is 0 Å². The number of nitrogens with zero attached hydrogens (tertiary/aromatic N) is 1. The predicted molar refractivity (Wildman–Crippen MR) is 168 cm³/mol. The molecule has 3 aliphatic carbocycles. The number of carbonyl (C=O) groups is 4. The van der Waals surface area contributed by atoms with Crippen molar-refractivity contribution < 1.29 is 41.3 Å². The van der Waals surface area contributed by atoms with Crippen LogP contribution in [0.25, 0.3) is 0 Å². The fourth-order valence-corrected chi connectivity index (χ4v) is 8.56. The van der Waals surface area contributed by atoms with Gasteiger partial charge >= 0.3 is 12.1 Å². The van der Waals surface area contributed by atoms with Crippen molar-refractivity contribution in [2.45, 2.75) is 98.9 Å². The zero-order valence-electron chi connectivity index (χ0n) is 25.7. The Morgan fingerprint density at radius 2 is 1.76 bits per heavy atom. The molecule has 2 N–H and O–H groups in total. The lowest BCUT2D eigenvalue weighted by Crippen LogP contribution is -2.56. The number of amides is 3. The first-order chi connectivity index (χ1) is 22.0.